The number of methoxy groups -OCH3 is 1. The third-order valence-corrected chi connectivity index (χ3v) is 4.69. The molecule has 2 aromatic carbocycles. The highest BCUT2D eigenvalue weighted by atomic mass is 32.2. The van der Waals surface area contributed by atoms with Gasteiger partial charge in [-0.2, -0.15) is 0 Å². The summed E-state index contributed by atoms with van der Waals surface area (Å²) in [7, 11) is 1.38. The fourth-order valence-electron chi connectivity index (χ4n) is 2.40. The topological polar surface area (TPSA) is 69.0 Å². The fraction of sp³-hybridized carbons (Fsp3) is 0.211. The predicted molar refractivity (Wildman–Crippen MR) is 102 cm³/mol. The molecule has 0 aliphatic carbocycles. The summed E-state index contributed by atoms with van der Waals surface area (Å²) >= 11 is 1.33. The van der Waals surface area contributed by atoms with E-state index in [9.17, 15) is 4.79 Å². The van der Waals surface area contributed by atoms with Crippen LogP contribution >= 0.6 is 11.8 Å². The van der Waals surface area contributed by atoms with Crippen molar-refractivity contribution in [3.63, 3.8) is 0 Å². The molecule has 0 bridgehead atoms. The lowest BCUT2D eigenvalue weighted by molar-refractivity contribution is -0.137. The van der Waals surface area contributed by atoms with Crippen LogP contribution in [-0.4, -0.2) is 33.6 Å². The van der Waals surface area contributed by atoms with Crippen LogP contribution < -0.4 is 5.32 Å². The van der Waals surface area contributed by atoms with Crippen LogP contribution in [0.5, 0.6) is 0 Å². The number of carbonyl (C=O) groups is 1. The number of aromatic nitrogens is 3. The van der Waals surface area contributed by atoms with Gasteiger partial charge in [0.05, 0.1) is 26.0 Å². The largest absolute Gasteiger partial charge is 0.468 e. The Morgan fingerprint density at radius 2 is 1.77 bits per heavy atom. The van der Waals surface area contributed by atoms with Crippen LogP contribution in [0.2, 0.25) is 0 Å². The lowest BCUT2D eigenvalue weighted by Crippen LogP contribution is -2.11. The summed E-state index contributed by atoms with van der Waals surface area (Å²) in [5, 5.41) is 12.6. The van der Waals surface area contributed by atoms with Crippen molar-refractivity contribution in [1.29, 1.82) is 0 Å². The van der Waals surface area contributed by atoms with Crippen LogP contribution in [0.4, 0.5) is 5.69 Å². The molecular weight excluding hydrogens is 348 g/mol. The van der Waals surface area contributed by atoms with Gasteiger partial charge in [0, 0.05) is 5.69 Å². The molecule has 1 aromatic heterocycles. The summed E-state index contributed by atoms with van der Waals surface area (Å²) in [5.41, 5.74) is 2.17. The fourth-order valence-corrected chi connectivity index (χ4v) is 3.19. The van der Waals surface area contributed by atoms with Crippen LogP contribution in [0, 0.1) is 0 Å². The molecule has 0 amide bonds. The van der Waals surface area contributed by atoms with E-state index in [0.717, 1.165) is 17.1 Å². The molecule has 3 aromatic rings. The van der Waals surface area contributed by atoms with Crippen LogP contribution in [0.3, 0.4) is 0 Å². The van der Waals surface area contributed by atoms with Gasteiger partial charge >= 0.3 is 5.97 Å². The Balaban J connectivity index is 1.78. The van der Waals surface area contributed by atoms with Gasteiger partial charge in [-0.1, -0.05) is 60.3 Å². The zero-order valence-corrected chi connectivity index (χ0v) is 15.3. The van der Waals surface area contributed by atoms with Crippen LogP contribution in [0.25, 0.3) is 0 Å². The quantitative estimate of drug-likeness (QED) is 0.486. The number of ether oxygens (including phenoxy) is 1. The molecule has 0 spiro atoms. The lowest BCUT2D eigenvalue weighted by atomic mass is 10.2. The number of esters is 1. The predicted octanol–water partition coefficient (Wildman–Crippen LogP) is 3.20. The van der Waals surface area contributed by atoms with Gasteiger partial charge in [-0.3, -0.25) is 4.79 Å². The Bertz CT molecular complexity index is 837. The molecule has 0 atom stereocenters. The second-order valence-electron chi connectivity index (χ2n) is 5.55. The lowest BCUT2D eigenvalue weighted by Gasteiger charge is -2.11. The minimum atomic E-state index is -0.284. The Morgan fingerprint density at radius 3 is 2.46 bits per heavy atom. The van der Waals surface area contributed by atoms with Gasteiger partial charge in [0.15, 0.2) is 11.0 Å². The molecule has 0 radical (unpaired) electrons. The van der Waals surface area contributed by atoms with Crippen molar-refractivity contribution in [1.82, 2.24) is 14.8 Å². The summed E-state index contributed by atoms with van der Waals surface area (Å²) in [6.07, 6.45) is 0. The van der Waals surface area contributed by atoms with Crippen molar-refractivity contribution in [2.45, 2.75) is 18.2 Å². The van der Waals surface area contributed by atoms with Gasteiger partial charge in [0.25, 0.3) is 0 Å². The zero-order chi connectivity index (χ0) is 18.2. The number of benzene rings is 2. The number of hydrogen-bond acceptors (Lipinski definition) is 6. The standard InChI is InChI=1S/C19H20N4O2S/c1-25-18(24)14-26-19-22-21-17(12-20-16-10-6-3-7-11-16)23(19)13-15-8-4-2-5-9-15/h2-11,20H,12-14H2,1H3. The molecule has 1 N–H and O–H groups in total. The van der Waals surface area contributed by atoms with Crippen LogP contribution in [0.1, 0.15) is 11.4 Å². The number of anilines is 1. The first-order chi connectivity index (χ1) is 12.8. The van der Waals surface area contributed by atoms with E-state index in [4.69, 9.17) is 4.74 Å². The maximum Gasteiger partial charge on any atom is 0.316 e. The molecule has 6 nitrogen and oxygen atoms in total. The molecule has 0 aliphatic rings. The van der Waals surface area contributed by atoms with Crippen LogP contribution in [0.15, 0.2) is 65.8 Å². The molecule has 3 rings (SSSR count). The van der Waals surface area contributed by atoms with E-state index in [-0.39, 0.29) is 11.7 Å². The third-order valence-electron chi connectivity index (χ3n) is 3.75. The highest BCUT2D eigenvalue weighted by molar-refractivity contribution is 7.99. The molecule has 7 heteroatoms. The van der Waals surface area contributed by atoms with E-state index < -0.39 is 0 Å². The average molecular weight is 368 g/mol. The highest BCUT2D eigenvalue weighted by Gasteiger charge is 2.14. The van der Waals surface area contributed by atoms with Crippen LogP contribution in [-0.2, 0) is 22.6 Å². The number of thioether (sulfide) groups is 1. The normalized spacial score (nSPS) is 10.5. The van der Waals surface area contributed by atoms with Crippen molar-refractivity contribution in [3.05, 3.63) is 72.1 Å². The maximum atomic E-state index is 11.5. The van der Waals surface area contributed by atoms with Crippen molar-refractivity contribution >= 4 is 23.4 Å². The summed E-state index contributed by atoms with van der Waals surface area (Å²) < 4.78 is 6.74. The molecule has 26 heavy (non-hydrogen) atoms. The number of nitrogens with zero attached hydrogens (tertiary/aromatic N) is 3. The van der Waals surface area contributed by atoms with Gasteiger partial charge in [-0.15, -0.1) is 10.2 Å². The minimum absolute atomic E-state index is 0.204. The first kappa shape index (κ1) is 18.0. The highest BCUT2D eigenvalue weighted by Crippen LogP contribution is 2.20. The molecule has 0 fully saturated rings. The van der Waals surface area contributed by atoms with Crippen molar-refractivity contribution in [2.24, 2.45) is 0 Å². The Morgan fingerprint density at radius 1 is 1.08 bits per heavy atom. The molecular formula is C19H20N4O2S. The number of carbonyl (C=O) groups excluding carboxylic acids is 1. The van der Waals surface area contributed by atoms with E-state index in [0.29, 0.717) is 18.2 Å². The third kappa shape index (κ3) is 4.86. The first-order valence-electron chi connectivity index (χ1n) is 8.21. The molecule has 0 unspecified atom stereocenters. The Kier molecular flexibility index (Phi) is 6.27. The van der Waals surface area contributed by atoms with Gasteiger partial charge in [-0.25, -0.2) is 0 Å². The number of rotatable bonds is 8. The van der Waals surface area contributed by atoms with E-state index in [1.54, 1.807) is 0 Å². The maximum absolute atomic E-state index is 11.5. The SMILES string of the molecule is COC(=O)CSc1nnc(CNc2ccccc2)n1Cc1ccccc1. The van der Waals surface area contributed by atoms with Gasteiger partial charge in [0.1, 0.15) is 0 Å². The number of hydrogen-bond donors (Lipinski definition) is 1. The molecule has 0 aliphatic heterocycles. The first-order valence-corrected chi connectivity index (χ1v) is 9.19. The van der Waals surface area contributed by atoms with E-state index >= 15 is 0 Å². The average Bonchev–Trinajstić information content (AvgIpc) is 3.07. The number of para-hydroxylation sites is 1. The van der Waals surface area contributed by atoms with Gasteiger partial charge in [-0.05, 0) is 17.7 Å². The molecule has 134 valence electrons. The van der Waals surface area contributed by atoms with Crippen molar-refractivity contribution in [3.8, 4) is 0 Å². The second kappa shape index (κ2) is 9.05. The summed E-state index contributed by atoms with van der Waals surface area (Å²) in [4.78, 5) is 11.5. The molecule has 1 heterocycles. The van der Waals surface area contributed by atoms with Crippen molar-refractivity contribution < 1.29 is 9.53 Å². The van der Waals surface area contributed by atoms with Gasteiger partial charge < -0.3 is 14.6 Å². The molecule has 0 saturated carbocycles. The Hall–Kier alpha value is -2.80. The Labute approximate surface area is 156 Å². The zero-order valence-electron chi connectivity index (χ0n) is 14.5. The second-order valence-corrected chi connectivity index (χ2v) is 6.50. The number of nitrogens with one attached hydrogen (secondary N) is 1. The van der Waals surface area contributed by atoms with Gasteiger partial charge in [0.2, 0.25) is 0 Å². The minimum Gasteiger partial charge on any atom is -0.468 e. The van der Waals surface area contributed by atoms with E-state index in [1.807, 2.05) is 53.1 Å². The van der Waals surface area contributed by atoms with Crippen molar-refractivity contribution in [2.75, 3.05) is 18.2 Å². The summed E-state index contributed by atoms with van der Waals surface area (Å²) in [6, 6.07) is 20.1. The summed E-state index contributed by atoms with van der Waals surface area (Å²) in [6.45, 7) is 1.19. The summed E-state index contributed by atoms with van der Waals surface area (Å²) in [5.74, 6) is 0.730. The van der Waals surface area contributed by atoms with E-state index in [1.165, 1.54) is 18.9 Å². The van der Waals surface area contributed by atoms with E-state index in [2.05, 4.69) is 27.6 Å². The monoisotopic (exact) mass is 368 g/mol. The molecule has 0 saturated heterocycles. The smallest absolute Gasteiger partial charge is 0.316 e.